The molecule has 2 N–H and O–H groups in total. The number of sulfonamides is 1. The Hall–Kier alpha value is -1.99. The molecule has 1 heterocycles. The first-order valence-electron chi connectivity index (χ1n) is 5.89. The second-order valence-electron chi connectivity index (χ2n) is 4.32. The summed E-state index contributed by atoms with van der Waals surface area (Å²) < 4.78 is 32.1. The Morgan fingerprint density at radius 3 is 2.62 bits per heavy atom. The van der Waals surface area contributed by atoms with E-state index in [1.54, 1.807) is 18.2 Å². The minimum absolute atomic E-state index is 0.144. The van der Waals surface area contributed by atoms with Crippen LogP contribution in [0.2, 0.25) is 5.02 Å². The molecule has 0 atom stereocenters. The molecule has 0 spiro atoms. The molecule has 0 aliphatic rings. The van der Waals surface area contributed by atoms with E-state index < -0.39 is 15.6 Å². The van der Waals surface area contributed by atoms with Gasteiger partial charge in [-0.25, -0.2) is 8.42 Å². The van der Waals surface area contributed by atoms with Crippen LogP contribution in [0.4, 0.5) is 5.69 Å². The fourth-order valence-corrected chi connectivity index (χ4v) is 2.98. The van der Waals surface area contributed by atoms with Crippen molar-refractivity contribution in [2.24, 2.45) is 0 Å². The number of pyridine rings is 1. The average Bonchev–Trinajstić information content (AvgIpc) is 2.43. The molecule has 0 fully saturated rings. The van der Waals surface area contributed by atoms with E-state index in [1.165, 1.54) is 7.11 Å². The lowest BCUT2D eigenvalue weighted by Gasteiger charge is -2.12. The molecule has 21 heavy (non-hydrogen) atoms. The Bertz CT molecular complexity index is 830. The van der Waals surface area contributed by atoms with E-state index in [0.29, 0.717) is 11.4 Å². The highest BCUT2D eigenvalue weighted by Gasteiger charge is 2.18. The van der Waals surface area contributed by atoms with Gasteiger partial charge in [0.1, 0.15) is 15.7 Å². The van der Waals surface area contributed by atoms with Gasteiger partial charge in [0.15, 0.2) is 0 Å². The zero-order chi connectivity index (χ0) is 15.6. The van der Waals surface area contributed by atoms with Gasteiger partial charge < -0.3 is 9.72 Å². The molecule has 0 bridgehead atoms. The average molecular weight is 329 g/mol. The van der Waals surface area contributed by atoms with Crippen LogP contribution in [0, 0.1) is 6.92 Å². The summed E-state index contributed by atoms with van der Waals surface area (Å²) in [6, 6.07) is 6.14. The Morgan fingerprint density at radius 2 is 2.00 bits per heavy atom. The summed E-state index contributed by atoms with van der Waals surface area (Å²) in [5.74, 6) is 0.397. The molecule has 0 saturated carbocycles. The van der Waals surface area contributed by atoms with E-state index in [-0.39, 0.29) is 9.92 Å². The lowest BCUT2D eigenvalue weighted by atomic mass is 10.2. The van der Waals surface area contributed by atoms with Gasteiger partial charge in [0.25, 0.3) is 15.6 Å². The summed E-state index contributed by atoms with van der Waals surface area (Å²) in [6.45, 7) is 1.86. The summed E-state index contributed by atoms with van der Waals surface area (Å²) in [5, 5.41) is -0.200. The zero-order valence-electron chi connectivity index (χ0n) is 11.3. The number of anilines is 1. The van der Waals surface area contributed by atoms with Gasteiger partial charge in [-0.2, -0.15) is 0 Å². The van der Waals surface area contributed by atoms with Gasteiger partial charge in [-0.3, -0.25) is 9.52 Å². The number of ether oxygens (including phenoxy) is 1. The highest BCUT2D eigenvalue weighted by Crippen LogP contribution is 2.27. The van der Waals surface area contributed by atoms with Gasteiger partial charge in [-0.1, -0.05) is 17.7 Å². The second kappa shape index (κ2) is 5.79. The number of aromatic nitrogens is 1. The van der Waals surface area contributed by atoms with Crippen LogP contribution in [0.5, 0.6) is 5.75 Å². The minimum atomic E-state index is -3.88. The van der Waals surface area contributed by atoms with Crippen LogP contribution in [-0.4, -0.2) is 20.5 Å². The first-order chi connectivity index (χ1) is 9.83. The van der Waals surface area contributed by atoms with E-state index in [0.717, 1.165) is 17.8 Å². The molecular weight excluding hydrogens is 316 g/mol. The number of hydrogen-bond acceptors (Lipinski definition) is 4. The number of aryl methyl sites for hydroxylation is 1. The molecule has 0 aliphatic heterocycles. The minimum Gasteiger partial charge on any atom is -0.495 e. The molecule has 0 amide bonds. The summed E-state index contributed by atoms with van der Waals surface area (Å²) >= 11 is 5.64. The first-order valence-corrected chi connectivity index (χ1v) is 7.75. The first kappa shape index (κ1) is 15.4. The van der Waals surface area contributed by atoms with E-state index in [9.17, 15) is 13.2 Å². The number of aromatic amines is 1. The fraction of sp³-hybridized carbons (Fsp3) is 0.154. The third kappa shape index (κ3) is 3.37. The molecule has 1 aromatic heterocycles. The smallest absolute Gasteiger partial charge is 0.266 e. The third-order valence-electron chi connectivity index (χ3n) is 2.74. The number of hydrogen-bond donors (Lipinski definition) is 2. The fourth-order valence-electron chi connectivity index (χ4n) is 1.68. The van der Waals surface area contributed by atoms with E-state index >= 15 is 0 Å². The molecular formula is C13H13ClN2O4S. The number of rotatable bonds is 4. The van der Waals surface area contributed by atoms with E-state index in [2.05, 4.69) is 9.71 Å². The summed E-state index contributed by atoms with van der Waals surface area (Å²) in [5.41, 5.74) is 0.677. The van der Waals surface area contributed by atoms with Crippen molar-refractivity contribution in [1.29, 1.82) is 0 Å². The quantitative estimate of drug-likeness (QED) is 0.900. The SMILES string of the molecule is COc1cc(C)ccc1NS(=O)(=O)c1c[nH]c(=O)c(Cl)c1. The molecule has 2 rings (SSSR count). The van der Waals surface area contributed by atoms with Gasteiger partial charge in [0, 0.05) is 6.20 Å². The molecule has 112 valence electrons. The Labute approximate surface area is 126 Å². The van der Waals surface area contributed by atoms with Gasteiger partial charge in [-0.05, 0) is 30.7 Å². The van der Waals surface area contributed by atoms with Crippen LogP contribution < -0.4 is 15.0 Å². The topological polar surface area (TPSA) is 88.3 Å². The van der Waals surface area contributed by atoms with Crippen LogP contribution in [0.25, 0.3) is 0 Å². The maximum absolute atomic E-state index is 12.3. The number of benzene rings is 1. The molecule has 0 saturated heterocycles. The highest BCUT2D eigenvalue weighted by molar-refractivity contribution is 7.92. The molecule has 0 aliphatic carbocycles. The zero-order valence-corrected chi connectivity index (χ0v) is 12.9. The van der Waals surface area contributed by atoms with Crippen LogP contribution in [0.3, 0.4) is 0 Å². The van der Waals surface area contributed by atoms with Gasteiger partial charge >= 0.3 is 0 Å². The summed E-state index contributed by atoms with van der Waals surface area (Å²) in [6.07, 6.45) is 1.08. The number of H-pyrrole nitrogens is 1. The van der Waals surface area contributed by atoms with Gasteiger partial charge in [-0.15, -0.1) is 0 Å². The monoisotopic (exact) mass is 328 g/mol. The van der Waals surface area contributed by atoms with Crippen LogP contribution in [0.15, 0.2) is 40.2 Å². The molecule has 0 radical (unpaired) electrons. The molecule has 2 aromatic rings. The predicted molar refractivity (Wildman–Crippen MR) is 80.6 cm³/mol. The van der Waals surface area contributed by atoms with Gasteiger partial charge in [0.05, 0.1) is 12.8 Å². The van der Waals surface area contributed by atoms with Crippen molar-refractivity contribution in [2.75, 3.05) is 11.8 Å². The summed E-state index contributed by atoms with van der Waals surface area (Å²) in [4.78, 5) is 13.3. The number of methoxy groups -OCH3 is 1. The lowest BCUT2D eigenvalue weighted by molar-refractivity contribution is 0.416. The van der Waals surface area contributed by atoms with Crippen molar-refractivity contribution in [2.45, 2.75) is 11.8 Å². The van der Waals surface area contributed by atoms with Crippen molar-refractivity contribution < 1.29 is 13.2 Å². The lowest BCUT2D eigenvalue weighted by Crippen LogP contribution is -2.16. The van der Waals surface area contributed by atoms with Crippen molar-refractivity contribution in [3.63, 3.8) is 0 Å². The number of halogens is 1. The second-order valence-corrected chi connectivity index (χ2v) is 6.41. The van der Waals surface area contributed by atoms with E-state index in [1.807, 2.05) is 6.92 Å². The maximum atomic E-state index is 12.3. The third-order valence-corrected chi connectivity index (χ3v) is 4.37. The van der Waals surface area contributed by atoms with Gasteiger partial charge in [0.2, 0.25) is 0 Å². The van der Waals surface area contributed by atoms with Crippen LogP contribution >= 0.6 is 11.6 Å². The van der Waals surface area contributed by atoms with Crippen molar-refractivity contribution in [1.82, 2.24) is 4.98 Å². The highest BCUT2D eigenvalue weighted by atomic mass is 35.5. The van der Waals surface area contributed by atoms with Crippen LogP contribution in [0.1, 0.15) is 5.56 Å². The maximum Gasteiger partial charge on any atom is 0.266 e. The molecule has 6 nitrogen and oxygen atoms in total. The largest absolute Gasteiger partial charge is 0.495 e. The number of nitrogens with one attached hydrogen (secondary N) is 2. The molecule has 0 unspecified atom stereocenters. The Kier molecular flexibility index (Phi) is 4.24. The standard InChI is InChI=1S/C13H13ClN2O4S/c1-8-3-4-11(12(5-8)20-2)16-21(18,19)9-6-10(14)13(17)15-7-9/h3-7,16H,1-2H3,(H,15,17). The Morgan fingerprint density at radius 1 is 1.29 bits per heavy atom. The van der Waals surface area contributed by atoms with E-state index in [4.69, 9.17) is 16.3 Å². The van der Waals surface area contributed by atoms with Crippen molar-refractivity contribution >= 4 is 27.3 Å². The molecule has 8 heteroatoms. The normalized spacial score (nSPS) is 11.2. The Balaban J connectivity index is 2.42. The predicted octanol–water partition coefficient (Wildman–Crippen LogP) is 2.15. The molecule has 1 aromatic carbocycles. The summed E-state index contributed by atoms with van der Waals surface area (Å²) in [7, 11) is -2.43. The van der Waals surface area contributed by atoms with Crippen LogP contribution in [-0.2, 0) is 10.0 Å². The van der Waals surface area contributed by atoms with Crippen molar-refractivity contribution in [3.05, 3.63) is 51.4 Å². The van der Waals surface area contributed by atoms with Crippen molar-refractivity contribution in [3.8, 4) is 5.75 Å².